The summed E-state index contributed by atoms with van der Waals surface area (Å²) in [5.74, 6) is 0.808. The maximum absolute atomic E-state index is 4.04. The van der Waals surface area contributed by atoms with Crippen molar-refractivity contribution >= 4 is 0 Å². The van der Waals surface area contributed by atoms with Crippen LogP contribution in [0.5, 0.6) is 0 Å². The van der Waals surface area contributed by atoms with Crippen molar-refractivity contribution in [1.82, 2.24) is 25.1 Å². The summed E-state index contributed by atoms with van der Waals surface area (Å²) in [7, 11) is 1.86. The number of piperidine rings is 1. The van der Waals surface area contributed by atoms with Crippen LogP contribution in [0.15, 0.2) is 24.3 Å². The van der Waals surface area contributed by atoms with Gasteiger partial charge >= 0.3 is 0 Å². The lowest BCUT2D eigenvalue weighted by molar-refractivity contribution is 0.175. The van der Waals surface area contributed by atoms with Gasteiger partial charge in [-0.1, -0.05) is 30.7 Å². The molecule has 2 aromatic rings. The molecule has 106 valence electrons. The van der Waals surface area contributed by atoms with Crippen molar-refractivity contribution in [3.05, 3.63) is 29.8 Å². The minimum atomic E-state index is 0.488. The monoisotopic (exact) mass is 271 g/mol. The molecular weight excluding hydrogens is 250 g/mol. The van der Waals surface area contributed by atoms with E-state index in [2.05, 4.69) is 51.6 Å². The predicted molar refractivity (Wildman–Crippen MR) is 78.1 cm³/mol. The van der Waals surface area contributed by atoms with E-state index in [1.54, 1.807) is 4.68 Å². The minimum Gasteiger partial charge on any atom is -0.297 e. The molecule has 0 aliphatic carbocycles. The molecule has 1 fully saturated rings. The second-order valence-electron chi connectivity index (χ2n) is 5.52. The molecule has 20 heavy (non-hydrogen) atoms. The average Bonchev–Trinajstić information content (AvgIpc) is 2.94. The molecule has 1 aromatic carbocycles. The summed E-state index contributed by atoms with van der Waals surface area (Å²) in [4.78, 5) is 2.57. The van der Waals surface area contributed by atoms with Gasteiger partial charge in [0.1, 0.15) is 0 Å². The van der Waals surface area contributed by atoms with Crippen LogP contribution < -0.4 is 0 Å². The Morgan fingerprint density at radius 2 is 1.75 bits per heavy atom. The van der Waals surface area contributed by atoms with Crippen LogP contribution in [0, 0.1) is 0 Å². The van der Waals surface area contributed by atoms with E-state index in [0.29, 0.717) is 6.04 Å². The fraction of sp³-hybridized carbons (Fsp3) is 0.533. The first kappa shape index (κ1) is 13.2. The van der Waals surface area contributed by atoms with Crippen molar-refractivity contribution in [3.8, 4) is 11.4 Å². The van der Waals surface area contributed by atoms with Crippen LogP contribution >= 0.6 is 0 Å². The van der Waals surface area contributed by atoms with E-state index in [9.17, 15) is 0 Å². The lowest BCUT2D eigenvalue weighted by Crippen LogP contribution is -2.32. The van der Waals surface area contributed by atoms with Crippen molar-refractivity contribution in [2.24, 2.45) is 7.05 Å². The fourth-order valence-electron chi connectivity index (χ4n) is 2.90. The van der Waals surface area contributed by atoms with E-state index >= 15 is 0 Å². The predicted octanol–water partition coefficient (Wildman–Crippen LogP) is 2.42. The van der Waals surface area contributed by atoms with Crippen LogP contribution in [0.1, 0.15) is 37.8 Å². The average molecular weight is 271 g/mol. The Morgan fingerprint density at radius 3 is 2.35 bits per heavy atom. The second kappa shape index (κ2) is 5.71. The molecule has 2 heterocycles. The van der Waals surface area contributed by atoms with Crippen molar-refractivity contribution in [2.45, 2.75) is 32.2 Å². The van der Waals surface area contributed by atoms with Crippen LogP contribution in [-0.4, -0.2) is 38.2 Å². The number of likely N-dealkylation sites (tertiary alicyclic amines) is 1. The first-order valence-corrected chi connectivity index (χ1v) is 7.32. The number of rotatable bonds is 3. The first-order valence-electron chi connectivity index (χ1n) is 7.32. The van der Waals surface area contributed by atoms with Crippen LogP contribution in [0.2, 0.25) is 0 Å². The third-order valence-corrected chi connectivity index (χ3v) is 4.21. The molecular formula is C15H21N5. The van der Waals surface area contributed by atoms with E-state index in [1.807, 2.05) is 7.05 Å². The smallest absolute Gasteiger partial charge is 0.181 e. The zero-order chi connectivity index (χ0) is 13.9. The Hall–Kier alpha value is -1.75. The Bertz CT molecular complexity index is 554. The number of hydrogen-bond donors (Lipinski definition) is 0. The molecule has 1 saturated heterocycles. The van der Waals surface area contributed by atoms with Crippen LogP contribution in [0.4, 0.5) is 0 Å². The first-order chi connectivity index (χ1) is 9.75. The Kier molecular flexibility index (Phi) is 3.78. The molecule has 0 unspecified atom stereocenters. The summed E-state index contributed by atoms with van der Waals surface area (Å²) in [5, 5.41) is 11.6. The lowest BCUT2D eigenvalue weighted by atomic mass is 10.0. The number of benzene rings is 1. The van der Waals surface area contributed by atoms with Crippen LogP contribution in [0.25, 0.3) is 11.4 Å². The molecule has 0 N–H and O–H groups in total. The summed E-state index contributed by atoms with van der Waals surface area (Å²) in [6, 6.07) is 9.11. The number of aromatic nitrogens is 4. The van der Waals surface area contributed by atoms with Crippen molar-refractivity contribution in [1.29, 1.82) is 0 Å². The fourth-order valence-corrected chi connectivity index (χ4v) is 2.90. The van der Waals surface area contributed by atoms with Crippen molar-refractivity contribution < 1.29 is 0 Å². The van der Waals surface area contributed by atoms with Gasteiger partial charge in [0.2, 0.25) is 0 Å². The third kappa shape index (κ3) is 2.58. The second-order valence-corrected chi connectivity index (χ2v) is 5.52. The molecule has 0 spiro atoms. The van der Waals surface area contributed by atoms with Crippen LogP contribution in [0.3, 0.4) is 0 Å². The summed E-state index contributed by atoms with van der Waals surface area (Å²) in [5.41, 5.74) is 2.43. The van der Waals surface area contributed by atoms with Gasteiger partial charge in [-0.3, -0.25) is 4.90 Å². The van der Waals surface area contributed by atoms with Gasteiger partial charge in [0.05, 0.1) is 0 Å². The van der Waals surface area contributed by atoms with E-state index in [1.165, 1.54) is 37.9 Å². The molecule has 0 amide bonds. The third-order valence-electron chi connectivity index (χ3n) is 4.21. The number of nitrogens with zero attached hydrogens (tertiary/aromatic N) is 5. The highest BCUT2D eigenvalue weighted by Crippen LogP contribution is 2.25. The highest BCUT2D eigenvalue weighted by molar-refractivity contribution is 5.55. The Balaban J connectivity index is 1.77. The molecule has 1 atom stereocenters. The standard InChI is InChI=1S/C15H21N5/c1-12(20-10-4-3-5-11-20)13-6-8-14(9-7-13)15-16-17-18-19(15)2/h6-9,12H,3-5,10-11H2,1-2H3/t12-/m1/s1. The van der Waals surface area contributed by atoms with Gasteiger partial charge in [0.15, 0.2) is 5.82 Å². The topological polar surface area (TPSA) is 46.8 Å². The van der Waals surface area contributed by atoms with Gasteiger partial charge in [0.25, 0.3) is 0 Å². The molecule has 3 rings (SSSR count). The molecule has 1 aliphatic heterocycles. The molecule has 0 radical (unpaired) electrons. The molecule has 5 heteroatoms. The SMILES string of the molecule is C[C@H](c1ccc(-c2nnnn2C)cc1)N1CCCCC1. The Labute approximate surface area is 119 Å². The van der Waals surface area contributed by atoms with E-state index in [4.69, 9.17) is 0 Å². The van der Waals surface area contributed by atoms with Gasteiger partial charge in [-0.05, 0) is 48.8 Å². The molecule has 1 aliphatic rings. The van der Waals surface area contributed by atoms with E-state index < -0.39 is 0 Å². The molecule has 5 nitrogen and oxygen atoms in total. The highest BCUT2D eigenvalue weighted by Gasteiger charge is 2.18. The number of aryl methyl sites for hydroxylation is 1. The summed E-state index contributed by atoms with van der Waals surface area (Å²) >= 11 is 0. The summed E-state index contributed by atoms with van der Waals surface area (Å²) in [6.07, 6.45) is 4.03. The zero-order valence-electron chi connectivity index (χ0n) is 12.2. The Morgan fingerprint density at radius 1 is 1.05 bits per heavy atom. The molecule has 0 saturated carbocycles. The molecule has 1 aromatic heterocycles. The van der Waals surface area contributed by atoms with E-state index in [0.717, 1.165) is 11.4 Å². The highest BCUT2D eigenvalue weighted by atomic mass is 15.5. The number of tetrazole rings is 1. The normalized spacial score (nSPS) is 18.1. The van der Waals surface area contributed by atoms with Crippen LogP contribution in [-0.2, 0) is 7.05 Å². The maximum Gasteiger partial charge on any atom is 0.181 e. The van der Waals surface area contributed by atoms with Crippen molar-refractivity contribution in [3.63, 3.8) is 0 Å². The quantitative estimate of drug-likeness (QED) is 0.860. The summed E-state index contributed by atoms with van der Waals surface area (Å²) < 4.78 is 1.70. The van der Waals surface area contributed by atoms with Crippen molar-refractivity contribution in [2.75, 3.05) is 13.1 Å². The molecule has 0 bridgehead atoms. The van der Waals surface area contributed by atoms with Gasteiger partial charge in [0, 0.05) is 18.7 Å². The minimum absolute atomic E-state index is 0.488. The largest absolute Gasteiger partial charge is 0.297 e. The van der Waals surface area contributed by atoms with E-state index in [-0.39, 0.29) is 0 Å². The van der Waals surface area contributed by atoms with Gasteiger partial charge < -0.3 is 0 Å². The number of hydrogen-bond acceptors (Lipinski definition) is 4. The maximum atomic E-state index is 4.04. The van der Waals surface area contributed by atoms with Gasteiger partial charge in [-0.25, -0.2) is 4.68 Å². The lowest BCUT2D eigenvalue weighted by Gasteiger charge is -2.32. The summed E-state index contributed by atoms with van der Waals surface area (Å²) in [6.45, 7) is 4.73. The van der Waals surface area contributed by atoms with Gasteiger partial charge in [-0.15, -0.1) is 5.10 Å². The zero-order valence-corrected chi connectivity index (χ0v) is 12.2. The van der Waals surface area contributed by atoms with Gasteiger partial charge in [-0.2, -0.15) is 0 Å².